The van der Waals surface area contributed by atoms with E-state index < -0.39 is 23.0 Å². The zero-order chi connectivity index (χ0) is 20.6. The molecule has 4 rings (SSSR count). The molecule has 2 aromatic heterocycles. The third-order valence-electron chi connectivity index (χ3n) is 4.48. The molecule has 0 amide bonds. The SMILES string of the molecule is O=c1ccn(-c2ccc(C(F)(F)F)cc2F)nc1-c1ccnn1C1=CC=CCC1. The molecule has 1 aliphatic rings. The molecule has 1 aromatic carbocycles. The number of aromatic nitrogens is 4. The largest absolute Gasteiger partial charge is 0.416 e. The molecule has 0 fully saturated rings. The van der Waals surface area contributed by atoms with Crippen molar-refractivity contribution < 1.29 is 17.6 Å². The van der Waals surface area contributed by atoms with Crippen LogP contribution in [0.1, 0.15) is 18.4 Å². The Morgan fingerprint density at radius 3 is 2.62 bits per heavy atom. The van der Waals surface area contributed by atoms with Crippen molar-refractivity contribution in [2.75, 3.05) is 0 Å². The van der Waals surface area contributed by atoms with E-state index in [1.54, 1.807) is 10.7 Å². The summed E-state index contributed by atoms with van der Waals surface area (Å²) in [6.45, 7) is 0. The van der Waals surface area contributed by atoms with Crippen molar-refractivity contribution in [3.8, 4) is 17.1 Å². The molecule has 2 heterocycles. The Morgan fingerprint density at radius 2 is 1.93 bits per heavy atom. The second-order valence-electron chi connectivity index (χ2n) is 6.39. The van der Waals surface area contributed by atoms with Crippen LogP contribution in [0, 0.1) is 5.82 Å². The van der Waals surface area contributed by atoms with Crippen molar-refractivity contribution in [1.29, 1.82) is 0 Å². The standard InChI is InChI=1S/C20H14F4N4O/c21-15-12-13(20(22,23)24)6-7-16(15)27-11-9-18(29)19(26-27)17-8-10-25-28(17)14-4-2-1-3-5-14/h1-2,4,6-12H,3,5H2. The number of allylic oxidation sites excluding steroid dienone is 4. The van der Waals surface area contributed by atoms with Gasteiger partial charge in [-0.1, -0.05) is 12.2 Å². The van der Waals surface area contributed by atoms with Gasteiger partial charge in [-0.05, 0) is 43.2 Å². The van der Waals surface area contributed by atoms with E-state index in [4.69, 9.17) is 0 Å². The molecule has 0 N–H and O–H groups in total. The van der Waals surface area contributed by atoms with Gasteiger partial charge in [0.2, 0.25) is 5.43 Å². The summed E-state index contributed by atoms with van der Waals surface area (Å²) < 4.78 is 55.3. The lowest BCUT2D eigenvalue weighted by Crippen LogP contribution is -2.16. The van der Waals surface area contributed by atoms with Crippen LogP contribution in [0.2, 0.25) is 0 Å². The van der Waals surface area contributed by atoms with E-state index in [0.29, 0.717) is 11.8 Å². The third kappa shape index (κ3) is 3.63. The third-order valence-corrected chi connectivity index (χ3v) is 4.48. The van der Waals surface area contributed by atoms with Gasteiger partial charge >= 0.3 is 6.18 Å². The van der Waals surface area contributed by atoms with Crippen LogP contribution in [0.25, 0.3) is 22.8 Å². The Balaban J connectivity index is 1.80. The fourth-order valence-electron chi connectivity index (χ4n) is 3.07. The minimum absolute atomic E-state index is 0.0137. The average Bonchev–Trinajstić information content (AvgIpc) is 3.18. The summed E-state index contributed by atoms with van der Waals surface area (Å²) in [5.74, 6) is -1.10. The predicted molar refractivity (Wildman–Crippen MR) is 98.7 cm³/mol. The second-order valence-corrected chi connectivity index (χ2v) is 6.39. The smallest absolute Gasteiger partial charge is 0.287 e. The molecule has 9 heteroatoms. The first-order chi connectivity index (χ1) is 13.8. The van der Waals surface area contributed by atoms with E-state index in [2.05, 4.69) is 10.2 Å². The molecule has 0 saturated heterocycles. The lowest BCUT2D eigenvalue weighted by Gasteiger charge is -2.14. The fraction of sp³-hybridized carbons (Fsp3) is 0.150. The number of halogens is 4. The number of nitrogens with zero attached hydrogens (tertiary/aromatic N) is 4. The van der Waals surface area contributed by atoms with Gasteiger partial charge in [0.1, 0.15) is 11.5 Å². The molecule has 1 aliphatic carbocycles. The molecule has 148 valence electrons. The maximum atomic E-state index is 14.3. The summed E-state index contributed by atoms with van der Waals surface area (Å²) in [6.07, 6.45) is 5.39. The first-order valence-electron chi connectivity index (χ1n) is 8.72. The van der Waals surface area contributed by atoms with Crippen LogP contribution >= 0.6 is 0 Å². The molecule has 0 atom stereocenters. The van der Waals surface area contributed by atoms with Gasteiger partial charge in [-0.2, -0.15) is 23.4 Å². The zero-order valence-corrected chi connectivity index (χ0v) is 14.9. The molecule has 5 nitrogen and oxygen atoms in total. The van der Waals surface area contributed by atoms with E-state index >= 15 is 0 Å². The number of rotatable bonds is 3. The summed E-state index contributed by atoms with van der Waals surface area (Å²) in [6, 6.07) is 4.94. The van der Waals surface area contributed by atoms with Crippen LogP contribution in [0.4, 0.5) is 17.6 Å². The minimum Gasteiger partial charge on any atom is -0.287 e. The highest BCUT2D eigenvalue weighted by molar-refractivity contribution is 5.62. The zero-order valence-electron chi connectivity index (χ0n) is 14.9. The van der Waals surface area contributed by atoms with Gasteiger partial charge in [0.25, 0.3) is 0 Å². The first-order valence-corrected chi connectivity index (χ1v) is 8.72. The Hall–Kier alpha value is -3.49. The molecule has 29 heavy (non-hydrogen) atoms. The van der Waals surface area contributed by atoms with Gasteiger partial charge in [0.05, 0.1) is 17.5 Å². The molecule has 0 bridgehead atoms. The predicted octanol–water partition coefficient (Wildman–Crippen LogP) is 4.44. The average molecular weight is 402 g/mol. The molecule has 3 aromatic rings. The number of hydrogen-bond acceptors (Lipinski definition) is 3. The Bertz CT molecular complexity index is 1190. The van der Waals surface area contributed by atoms with Crippen LogP contribution in [-0.4, -0.2) is 19.6 Å². The highest BCUT2D eigenvalue weighted by Gasteiger charge is 2.31. The normalized spacial score (nSPS) is 14.1. The van der Waals surface area contributed by atoms with Crippen LogP contribution in [0.5, 0.6) is 0 Å². The number of hydrogen-bond donors (Lipinski definition) is 0. The summed E-state index contributed by atoms with van der Waals surface area (Å²) in [7, 11) is 0. The van der Waals surface area contributed by atoms with Crippen LogP contribution in [-0.2, 0) is 6.18 Å². The van der Waals surface area contributed by atoms with Gasteiger partial charge in [-0.3, -0.25) is 4.79 Å². The van der Waals surface area contributed by atoms with Crippen LogP contribution < -0.4 is 5.43 Å². The lowest BCUT2D eigenvalue weighted by atomic mass is 10.1. The molecule has 0 saturated carbocycles. The van der Waals surface area contributed by atoms with Crippen molar-refractivity contribution in [2.24, 2.45) is 0 Å². The van der Waals surface area contributed by atoms with E-state index in [0.717, 1.165) is 35.4 Å². The number of alkyl halides is 3. The Labute approximate surface area is 162 Å². The van der Waals surface area contributed by atoms with E-state index in [1.807, 2.05) is 18.2 Å². The van der Waals surface area contributed by atoms with Crippen LogP contribution in [0.15, 0.2) is 65.7 Å². The van der Waals surface area contributed by atoms with E-state index in [1.165, 1.54) is 18.5 Å². The molecule has 0 spiro atoms. The van der Waals surface area contributed by atoms with Crippen molar-refractivity contribution in [3.63, 3.8) is 0 Å². The van der Waals surface area contributed by atoms with Gasteiger partial charge in [-0.25, -0.2) is 13.8 Å². The molecule has 0 unspecified atom stereocenters. The van der Waals surface area contributed by atoms with Crippen molar-refractivity contribution in [3.05, 3.63) is 82.6 Å². The number of benzene rings is 1. The van der Waals surface area contributed by atoms with Gasteiger partial charge in [0.15, 0.2) is 5.69 Å². The quantitative estimate of drug-likeness (QED) is 0.609. The minimum atomic E-state index is -4.66. The highest BCUT2D eigenvalue weighted by atomic mass is 19.4. The highest BCUT2D eigenvalue weighted by Crippen LogP contribution is 2.31. The first kappa shape index (κ1) is 18.9. The van der Waals surface area contributed by atoms with E-state index in [-0.39, 0.29) is 11.4 Å². The topological polar surface area (TPSA) is 52.7 Å². The summed E-state index contributed by atoms with van der Waals surface area (Å²) in [5.41, 5.74) is -0.425. The fourth-order valence-corrected chi connectivity index (χ4v) is 3.07. The summed E-state index contributed by atoms with van der Waals surface area (Å²) >= 11 is 0. The Kier molecular flexibility index (Phi) is 4.65. The van der Waals surface area contributed by atoms with Gasteiger partial charge in [0, 0.05) is 18.0 Å². The summed E-state index contributed by atoms with van der Waals surface area (Å²) in [5, 5.41) is 8.41. The van der Waals surface area contributed by atoms with Crippen molar-refractivity contribution in [1.82, 2.24) is 19.6 Å². The van der Waals surface area contributed by atoms with E-state index in [9.17, 15) is 22.4 Å². The summed E-state index contributed by atoms with van der Waals surface area (Å²) in [4.78, 5) is 12.4. The van der Waals surface area contributed by atoms with Gasteiger partial charge in [-0.15, -0.1) is 0 Å². The molecular formula is C20H14F4N4O. The maximum Gasteiger partial charge on any atom is 0.416 e. The second kappa shape index (κ2) is 7.16. The Morgan fingerprint density at radius 1 is 1.10 bits per heavy atom. The van der Waals surface area contributed by atoms with Crippen molar-refractivity contribution in [2.45, 2.75) is 19.0 Å². The lowest BCUT2D eigenvalue weighted by molar-refractivity contribution is -0.137. The molecule has 0 radical (unpaired) electrons. The maximum absolute atomic E-state index is 14.3. The van der Waals surface area contributed by atoms with Crippen LogP contribution in [0.3, 0.4) is 0 Å². The monoisotopic (exact) mass is 402 g/mol. The van der Waals surface area contributed by atoms with Gasteiger partial charge < -0.3 is 0 Å². The molecule has 0 aliphatic heterocycles. The molecular weight excluding hydrogens is 388 g/mol. The van der Waals surface area contributed by atoms with Crippen molar-refractivity contribution >= 4 is 5.70 Å².